The van der Waals surface area contributed by atoms with Crippen LogP contribution in [0.1, 0.15) is 18.0 Å². The number of anilines is 1. The summed E-state index contributed by atoms with van der Waals surface area (Å²) in [6.45, 7) is 0.180. The molecular formula is C15H17NO. The van der Waals surface area contributed by atoms with Gasteiger partial charge >= 0.3 is 0 Å². The van der Waals surface area contributed by atoms with Crippen LogP contribution in [-0.4, -0.2) is 11.7 Å². The Balaban J connectivity index is 2.13. The van der Waals surface area contributed by atoms with Crippen LogP contribution in [0.25, 0.3) is 0 Å². The van der Waals surface area contributed by atoms with Gasteiger partial charge < -0.3 is 10.4 Å². The van der Waals surface area contributed by atoms with Crippen LogP contribution in [0.4, 0.5) is 5.69 Å². The van der Waals surface area contributed by atoms with Crippen LogP contribution in [0.15, 0.2) is 60.7 Å². The molecule has 0 aliphatic rings. The molecule has 0 saturated heterocycles. The Bertz CT molecular complexity index is 427. The van der Waals surface area contributed by atoms with Gasteiger partial charge in [0.25, 0.3) is 0 Å². The summed E-state index contributed by atoms with van der Waals surface area (Å²) in [5.74, 6) is 0. The maximum Gasteiger partial charge on any atom is 0.0535 e. The normalized spacial score (nSPS) is 12.1. The zero-order chi connectivity index (χ0) is 11.9. The van der Waals surface area contributed by atoms with Crippen LogP contribution >= 0.6 is 0 Å². The van der Waals surface area contributed by atoms with E-state index in [9.17, 15) is 0 Å². The molecule has 17 heavy (non-hydrogen) atoms. The Morgan fingerprint density at radius 2 is 1.47 bits per heavy atom. The molecule has 0 saturated carbocycles. The van der Waals surface area contributed by atoms with E-state index in [4.69, 9.17) is 5.11 Å². The maximum atomic E-state index is 9.14. The molecule has 2 aromatic carbocycles. The predicted molar refractivity (Wildman–Crippen MR) is 71.0 cm³/mol. The standard InChI is InChI=1S/C15H17NO/c17-12-11-15(13-7-3-1-4-8-13)16-14-9-5-2-6-10-14/h1-10,15-17H,11-12H2/t15-/m0/s1. The lowest BCUT2D eigenvalue weighted by Crippen LogP contribution is -2.12. The molecule has 0 amide bonds. The number of hydrogen-bond donors (Lipinski definition) is 2. The summed E-state index contributed by atoms with van der Waals surface area (Å²) in [5.41, 5.74) is 2.28. The van der Waals surface area contributed by atoms with Crippen LogP contribution < -0.4 is 5.32 Å². The third-order valence-electron chi connectivity index (χ3n) is 2.73. The van der Waals surface area contributed by atoms with Crippen molar-refractivity contribution in [1.29, 1.82) is 0 Å². The minimum atomic E-state index is 0.156. The van der Waals surface area contributed by atoms with Crippen LogP contribution in [0.2, 0.25) is 0 Å². The first kappa shape index (κ1) is 11.7. The second kappa shape index (κ2) is 6.06. The number of aliphatic hydroxyl groups excluding tert-OH is 1. The number of aliphatic hydroxyl groups is 1. The van der Waals surface area contributed by atoms with E-state index in [0.29, 0.717) is 6.42 Å². The zero-order valence-electron chi connectivity index (χ0n) is 9.71. The van der Waals surface area contributed by atoms with Gasteiger partial charge in [-0.05, 0) is 24.1 Å². The van der Waals surface area contributed by atoms with Gasteiger partial charge in [0, 0.05) is 12.3 Å². The Hall–Kier alpha value is -1.80. The molecule has 0 spiro atoms. The number of rotatable bonds is 5. The molecular weight excluding hydrogens is 210 g/mol. The number of benzene rings is 2. The van der Waals surface area contributed by atoms with Crippen LogP contribution in [0.3, 0.4) is 0 Å². The quantitative estimate of drug-likeness (QED) is 0.822. The lowest BCUT2D eigenvalue weighted by molar-refractivity contribution is 0.280. The number of nitrogens with one attached hydrogen (secondary N) is 1. The molecule has 1 atom stereocenters. The first-order valence-electron chi connectivity index (χ1n) is 5.87. The summed E-state index contributed by atoms with van der Waals surface area (Å²) < 4.78 is 0. The molecule has 2 heteroatoms. The average Bonchev–Trinajstić information content (AvgIpc) is 2.40. The van der Waals surface area contributed by atoms with E-state index in [1.54, 1.807) is 0 Å². The third kappa shape index (κ3) is 3.33. The van der Waals surface area contributed by atoms with Crippen molar-refractivity contribution < 1.29 is 5.11 Å². The van der Waals surface area contributed by atoms with Crippen molar-refractivity contribution in [2.45, 2.75) is 12.5 Å². The molecule has 2 aromatic rings. The second-order valence-corrected chi connectivity index (χ2v) is 3.99. The topological polar surface area (TPSA) is 32.3 Å². The highest BCUT2D eigenvalue weighted by Crippen LogP contribution is 2.21. The lowest BCUT2D eigenvalue weighted by atomic mass is 10.0. The van der Waals surface area contributed by atoms with Gasteiger partial charge in [0.2, 0.25) is 0 Å². The van der Waals surface area contributed by atoms with Crippen LogP contribution in [-0.2, 0) is 0 Å². The minimum absolute atomic E-state index is 0.156. The Morgan fingerprint density at radius 3 is 2.06 bits per heavy atom. The van der Waals surface area contributed by atoms with Gasteiger partial charge in [-0.15, -0.1) is 0 Å². The molecule has 2 nitrogen and oxygen atoms in total. The molecule has 0 fully saturated rings. The summed E-state index contributed by atoms with van der Waals surface area (Å²) in [6.07, 6.45) is 0.707. The molecule has 2 N–H and O–H groups in total. The van der Waals surface area contributed by atoms with Crippen molar-refractivity contribution in [3.8, 4) is 0 Å². The van der Waals surface area contributed by atoms with Gasteiger partial charge in [-0.25, -0.2) is 0 Å². The summed E-state index contributed by atoms with van der Waals surface area (Å²) >= 11 is 0. The molecule has 0 aliphatic heterocycles. The van der Waals surface area contributed by atoms with Crippen molar-refractivity contribution in [1.82, 2.24) is 0 Å². The number of hydrogen-bond acceptors (Lipinski definition) is 2. The zero-order valence-corrected chi connectivity index (χ0v) is 9.71. The van der Waals surface area contributed by atoms with Crippen molar-refractivity contribution in [2.75, 3.05) is 11.9 Å². The van der Waals surface area contributed by atoms with Crippen LogP contribution in [0.5, 0.6) is 0 Å². The summed E-state index contributed by atoms with van der Waals surface area (Å²) in [7, 11) is 0. The summed E-state index contributed by atoms with van der Waals surface area (Å²) in [6, 6.07) is 20.4. The lowest BCUT2D eigenvalue weighted by Gasteiger charge is -2.19. The fraction of sp³-hybridized carbons (Fsp3) is 0.200. The second-order valence-electron chi connectivity index (χ2n) is 3.99. The highest BCUT2D eigenvalue weighted by atomic mass is 16.3. The molecule has 0 unspecified atom stereocenters. The fourth-order valence-electron chi connectivity index (χ4n) is 1.87. The molecule has 0 radical (unpaired) electrons. The maximum absolute atomic E-state index is 9.14. The van der Waals surface area contributed by atoms with Gasteiger partial charge in [-0.2, -0.15) is 0 Å². The fourth-order valence-corrected chi connectivity index (χ4v) is 1.87. The Kier molecular flexibility index (Phi) is 4.17. The SMILES string of the molecule is OCC[C@H](Nc1ccccc1)c1ccccc1. The molecule has 0 bridgehead atoms. The van der Waals surface area contributed by atoms with E-state index in [2.05, 4.69) is 17.4 Å². The van der Waals surface area contributed by atoms with Crippen molar-refractivity contribution in [3.05, 3.63) is 66.2 Å². The predicted octanol–water partition coefficient (Wildman–Crippen LogP) is 3.22. The smallest absolute Gasteiger partial charge is 0.0535 e. The van der Waals surface area contributed by atoms with Crippen molar-refractivity contribution in [3.63, 3.8) is 0 Å². The molecule has 88 valence electrons. The van der Waals surface area contributed by atoms with Gasteiger partial charge in [-0.1, -0.05) is 48.5 Å². The minimum Gasteiger partial charge on any atom is -0.396 e. The van der Waals surface area contributed by atoms with E-state index < -0.39 is 0 Å². The van der Waals surface area contributed by atoms with Gasteiger partial charge in [0.15, 0.2) is 0 Å². The Labute approximate surface area is 102 Å². The van der Waals surface area contributed by atoms with Crippen molar-refractivity contribution >= 4 is 5.69 Å². The van der Waals surface area contributed by atoms with Crippen LogP contribution in [0, 0.1) is 0 Å². The van der Waals surface area contributed by atoms with E-state index in [1.807, 2.05) is 48.5 Å². The van der Waals surface area contributed by atoms with E-state index in [0.717, 1.165) is 5.69 Å². The molecule has 2 rings (SSSR count). The summed E-state index contributed by atoms with van der Waals surface area (Å²) in [5, 5.41) is 12.6. The molecule has 0 aliphatic carbocycles. The third-order valence-corrected chi connectivity index (χ3v) is 2.73. The first-order chi connectivity index (χ1) is 8.40. The largest absolute Gasteiger partial charge is 0.396 e. The summed E-state index contributed by atoms with van der Waals surface area (Å²) in [4.78, 5) is 0. The molecule has 0 heterocycles. The highest BCUT2D eigenvalue weighted by molar-refractivity contribution is 5.45. The monoisotopic (exact) mass is 227 g/mol. The highest BCUT2D eigenvalue weighted by Gasteiger charge is 2.09. The van der Waals surface area contributed by atoms with E-state index in [-0.39, 0.29) is 12.6 Å². The van der Waals surface area contributed by atoms with Gasteiger partial charge in [0.05, 0.1) is 6.04 Å². The molecule has 0 aromatic heterocycles. The Morgan fingerprint density at radius 1 is 0.882 bits per heavy atom. The first-order valence-corrected chi connectivity index (χ1v) is 5.87. The van der Waals surface area contributed by atoms with E-state index >= 15 is 0 Å². The van der Waals surface area contributed by atoms with Gasteiger partial charge in [-0.3, -0.25) is 0 Å². The number of para-hydroxylation sites is 1. The van der Waals surface area contributed by atoms with E-state index in [1.165, 1.54) is 5.56 Å². The average molecular weight is 227 g/mol. The van der Waals surface area contributed by atoms with Gasteiger partial charge in [0.1, 0.15) is 0 Å². The van der Waals surface area contributed by atoms with Crippen molar-refractivity contribution in [2.24, 2.45) is 0 Å².